The van der Waals surface area contributed by atoms with Crippen LogP contribution in [0, 0.1) is 5.92 Å². The van der Waals surface area contributed by atoms with Gasteiger partial charge in [-0.25, -0.2) is 0 Å². The van der Waals surface area contributed by atoms with Gasteiger partial charge in [-0.3, -0.25) is 4.90 Å². The summed E-state index contributed by atoms with van der Waals surface area (Å²) in [5.74, 6) is 0.683. The van der Waals surface area contributed by atoms with Crippen LogP contribution in [0.4, 0.5) is 0 Å². The van der Waals surface area contributed by atoms with Crippen molar-refractivity contribution in [3.63, 3.8) is 0 Å². The van der Waals surface area contributed by atoms with Gasteiger partial charge in [-0.1, -0.05) is 37.1 Å². The molecule has 0 amide bonds. The topological polar surface area (TPSA) is 29.3 Å². The van der Waals surface area contributed by atoms with Crippen LogP contribution in [0.3, 0.4) is 0 Å². The summed E-state index contributed by atoms with van der Waals surface area (Å²) in [7, 11) is 0. The van der Waals surface area contributed by atoms with E-state index in [0.29, 0.717) is 18.0 Å². The molecule has 3 atom stereocenters. The molecule has 1 aliphatic carbocycles. The van der Waals surface area contributed by atoms with Crippen molar-refractivity contribution in [2.45, 2.75) is 51.6 Å². The van der Waals surface area contributed by atoms with Crippen LogP contribution in [-0.2, 0) is 6.42 Å². The van der Waals surface area contributed by atoms with Crippen LogP contribution < -0.4 is 5.73 Å². The Hall–Kier alpha value is -0.570. The Balaban J connectivity index is 2.01. The summed E-state index contributed by atoms with van der Waals surface area (Å²) >= 11 is 5.96. The first-order valence-corrected chi connectivity index (χ1v) is 8.23. The first-order valence-electron chi connectivity index (χ1n) is 7.86. The molecule has 3 heteroatoms. The molecule has 0 heterocycles. The zero-order valence-corrected chi connectivity index (χ0v) is 13.4. The average molecular weight is 295 g/mol. The van der Waals surface area contributed by atoms with Crippen LogP contribution in [0.2, 0.25) is 5.02 Å². The first kappa shape index (κ1) is 15.8. The lowest BCUT2D eigenvalue weighted by atomic mass is 9.98. The Labute approximate surface area is 128 Å². The van der Waals surface area contributed by atoms with Gasteiger partial charge in [0, 0.05) is 17.1 Å². The van der Waals surface area contributed by atoms with Crippen molar-refractivity contribution in [2.24, 2.45) is 11.7 Å². The molecule has 0 aliphatic heterocycles. The van der Waals surface area contributed by atoms with Crippen LogP contribution in [0.25, 0.3) is 0 Å². The lowest BCUT2D eigenvalue weighted by Crippen LogP contribution is -2.46. The number of hydrogen-bond donors (Lipinski definition) is 1. The van der Waals surface area contributed by atoms with E-state index >= 15 is 0 Å². The Kier molecular flexibility index (Phi) is 5.88. The third-order valence-electron chi connectivity index (χ3n) is 4.72. The lowest BCUT2D eigenvalue weighted by Gasteiger charge is -2.36. The highest BCUT2D eigenvalue weighted by Gasteiger charge is 2.32. The van der Waals surface area contributed by atoms with E-state index in [1.807, 2.05) is 12.1 Å². The predicted molar refractivity (Wildman–Crippen MR) is 87.2 cm³/mol. The number of benzene rings is 1. The number of hydrogen-bond acceptors (Lipinski definition) is 2. The van der Waals surface area contributed by atoms with Crippen LogP contribution in [0.5, 0.6) is 0 Å². The third-order valence-corrected chi connectivity index (χ3v) is 4.98. The van der Waals surface area contributed by atoms with Crippen LogP contribution in [0.15, 0.2) is 24.3 Å². The molecular formula is C17H27ClN2. The molecule has 2 nitrogen and oxygen atoms in total. The van der Waals surface area contributed by atoms with Gasteiger partial charge in [-0.05, 0) is 62.9 Å². The van der Waals surface area contributed by atoms with Crippen LogP contribution in [0.1, 0.15) is 38.7 Å². The normalized spacial score (nSPS) is 24.2. The molecule has 0 bridgehead atoms. The fourth-order valence-corrected chi connectivity index (χ4v) is 3.81. The van der Waals surface area contributed by atoms with Gasteiger partial charge in [-0.2, -0.15) is 0 Å². The molecule has 0 spiro atoms. The molecule has 1 saturated carbocycles. The molecule has 2 rings (SSSR count). The number of halogens is 1. The number of nitrogens with zero attached hydrogens (tertiary/aromatic N) is 1. The van der Waals surface area contributed by atoms with Crippen molar-refractivity contribution in [1.29, 1.82) is 0 Å². The van der Waals surface area contributed by atoms with E-state index in [1.54, 1.807) is 0 Å². The smallest absolute Gasteiger partial charge is 0.0406 e. The minimum atomic E-state index is 0.554. The highest BCUT2D eigenvalue weighted by molar-refractivity contribution is 6.30. The summed E-state index contributed by atoms with van der Waals surface area (Å²) < 4.78 is 0. The molecular weight excluding hydrogens is 268 g/mol. The SMILES string of the molecule is CCN(C(C)Cc1ccc(Cl)cc1)C1CCCC1CN. The van der Waals surface area contributed by atoms with Gasteiger partial charge in [-0.15, -0.1) is 0 Å². The van der Waals surface area contributed by atoms with E-state index in [0.717, 1.165) is 24.5 Å². The highest BCUT2D eigenvalue weighted by atomic mass is 35.5. The standard InChI is InChI=1S/C17H27ClN2/c1-3-20(17-6-4-5-15(17)12-19)13(2)11-14-7-9-16(18)10-8-14/h7-10,13,15,17H,3-6,11-12,19H2,1-2H3. The lowest BCUT2D eigenvalue weighted by molar-refractivity contribution is 0.123. The second-order valence-corrected chi connectivity index (χ2v) is 6.44. The quantitative estimate of drug-likeness (QED) is 0.866. The van der Waals surface area contributed by atoms with Crippen LogP contribution >= 0.6 is 11.6 Å². The molecule has 1 aromatic carbocycles. The maximum atomic E-state index is 5.96. The zero-order chi connectivity index (χ0) is 14.5. The van der Waals surface area contributed by atoms with E-state index in [9.17, 15) is 0 Å². The Morgan fingerprint density at radius 3 is 2.60 bits per heavy atom. The van der Waals surface area contributed by atoms with E-state index in [1.165, 1.54) is 24.8 Å². The van der Waals surface area contributed by atoms with E-state index in [-0.39, 0.29) is 0 Å². The third kappa shape index (κ3) is 3.75. The summed E-state index contributed by atoms with van der Waals surface area (Å²) in [5, 5.41) is 0.813. The van der Waals surface area contributed by atoms with Gasteiger partial charge in [0.2, 0.25) is 0 Å². The highest BCUT2D eigenvalue weighted by Crippen LogP contribution is 2.31. The minimum absolute atomic E-state index is 0.554. The van der Waals surface area contributed by atoms with Crippen molar-refractivity contribution in [1.82, 2.24) is 4.90 Å². The zero-order valence-electron chi connectivity index (χ0n) is 12.7. The van der Waals surface area contributed by atoms with Gasteiger partial charge in [0.25, 0.3) is 0 Å². The Morgan fingerprint density at radius 1 is 1.30 bits per heavy atom. The maximum Gasteiger partial charge on any atom is 0.0406 e. The summed E-state index contributed by atoms with van der Waals surface area (Å²) in [6, 6.07) is 9.48. The second kappa shape index (κ2) is 7.44. The molecule has 1 aromatic rings. The molecule has 1 fully saturated rings. The summed E-state index contributed by atoms with van der Waals surface area (Å²) in [5.41, 5.74) is 7.31. The van der Waals surface area contributed by atoms with Crippen molar-refractivity contribution in [3.8, 4) is 0 Å². The molecule has 3 unspecified atom stereocenters. The van der Waals surface area contributed by atoms with Crippen LogP contribution in [-0.4, -0.2) is 30.1 Å². The maximum absolute atomic E-state index is 5.96. The monoisotopic (exact) mass is 294 g/mol. The second-order valence-electron chi connectivity index (χ2n) is 6.00. The summed E-state index contributed by atoms with van der Waals surface area (Å²) in [4.78, 5) is 2.65. The van der Waals surface area contributed by atoms with E-state index in [2.05, 4.69) is 30.9 Å². The van der Waals surface area contributed by atoms with E-state index < -0.39 is 0 Å². The van der Waals surface area contributed by atoms with Crippen molar-refractivity contribution >= 4 is 11.6 Å². The number of likely N-dealkylation sites (N-methyl/N-ethyl adjacent to an activating group) is 1. The molecule has 1 aliphatic rings. The van der Waals surface area contributed by atoms with Gasteiger partial charge in [0.05, 0.1) is 0 Å². The first-order chi connectivity index (χ1) is 9.65. The van der Waals surface area contributed by atoms with Crippen molar-refractivity contribution < 1.29 is 0 Å². The van der Waals surface area contributed by atoms with Gasteiger partial charge in [0.1, 0.15) is 0 Å². The van der Waals surface area contributed by atoms with E-state index in [4.69, 9.17) is 17.3 Å². The summed E-state index contributed by atoms with van der Waals surface area (Å²) in [6.07, 6.45) is 5.02. The predicted octanol–water partition coefficient (Wildman–Crippen LogP) is 3.72. The van der Waals surface area contributed by atoms with Crippen molar-refractivity contribution in [3.05, 3.63) is 34.9 Å². The minimum Gasteiger partial charge on any atom is -0.330 e. The van der Waals surface area contributed by atoms with Crippen molar-refractivity contribution in [2.75, 3.05) is 13.1 Å². The largest absolute Gasteiger partial charge is 0.330 e. The Morgan fingerprint density at radius 2 is 2.00 bits per heavy atom. The fraction of sp³-hybridized carbons (Fsp3) is 0.647. The molecule has 20 heavy (non-hydrogen) atoms. The number of rotatable bonds is 6. The summed E-state index contributed by atoms with van der Waals surface area (Å²) in [6.45, 7) is 6.54. The van der Waals surface area contributed by atoms with Gasteiger partial charge >= 0.3 is 0 Å². The molecule has 0 aromatic heterocycles. The van der Waals surface area contributed by atoms with Gasteiger partial charge < -0.3 is 5.73 Å². The molecule has 0 radical (unpaired) electrons. The average Bonchev–Trinajstić information content (AvgIpc) is 2.90. The van der Waals surface area contributed by atoms with Gasteiger partial charge in [0.15, 0.2) is 0 Å². The fourth-order valence-electron chi connectivity index (χ4n) is 3.68. The molecule has 112 valence electrons. The molecule has 2 N–H and O–H groups in total. The molecule has 0 saturated heterocycles. The Bertz CT molecular complexity index is 404. The number of nitrogens with two attached hydrogens (primary N) is 1.